The molecule has 1 atom stereocenters. The van der Waals surface area contributed by atoms with Gasteiger partial charge in [0.1, 0.15) is 0 Å². The third kappa shape index (κ3) is 3.23. The molecule has 0 fully saturated rings. The van der Waals surface area contributed by atoms with Crippen LogP contribution in [0.5, 0.6) is 0 Å². The third-order valence-corrected chi connectivity index (χ3v) is 3.73. The summed E-state index contributed by atoms with van der Waals surface area (Å²) in [5.41, 5.74) is 7.97. The van der Waals surface area contributed by atoms with Crippen LogP contribution in [0.3, 0.4) is 0 Å². The van der Waals surface area contributed by atoms with Gasteiger partial charge in [0.25, 0.3) is 5.91 Å². The summed E-state index contributed by atoms with van der Waals surface area (Å²) in [6.45, 7) is 2.03. The van der Waals surface area contributed by atoms with Crippen LogP contribution in [0.15, 0.2) is 24.4 Å². The first-order valence-corrected chi connectivity index (χ1v) is 7.67. The van der Waals surface area contributed by atoms with Gasteiger partial charge in [-0.2, -0.15) is 11.8 Å². The number of rotatable bonds is 5. The SMILES string of the molecule is CSCCC(C)NC(=O)c1c[nH]c2cc(N)ccc12. The normalized spacial score (nSPS) is 12.5. The molecule has 1 aromatic carbocycles. The third-order valence-electron chi connectivity index (χ3n) is 3.08. The second-order valence-electron chi connectivity index (χ2n) is 4.66. The first-order valence-electron chi connectivity index (χ1n) is 6.28. The van der Waals surface area contributed by atoms with E-state index in [1.807, 2.05) is 25.1 Å². The van der Waals surface area contributed by atoms with Crippen molar-refractivity contribution in [1.29, 1.82) is 0 Å². The van der Waals surface area contributed by atoms with E-state index >= 15 is 0 Å². The monoisotopic (exact) mass is 277 g/mol. The predicted molar refractivity (Wildman–Crippen MR) is 82.6 cm³/mol. The number of carbonyl (C=O) groups is 1. The van der Waals surface area contributed by atoms with Gasteiger partial charge in [-0.1, -0.05) is 0 Å². The lowest BCUT2D eigenvalue weighted by atomic mass is 10.1. The van der Waals surface area contributed by atoms with E-state index in [2.05, 4.69) is 16.6 Å². The largest absolute Gasteiger partial charge is 0.399 e. The van der Waals surface area contributed by atoms with Crippen LogP contribution in [0.25, 0.3) is 10.9 Å². The first-order chi connectivity index (χ1) is 9.11. The minimum atomic E-state index is -0.0374. The molecule has 0 aliphatic heterocycles. The molecular formula is C14H19N3OS. The van der Waals surface area contributed by atoms with Crippen LogP contribution in [-0.2, 0) is 0 Å². The molecule has 1 heterocycles. The molecule has 0 saturated carbocycles. The second kappa shape index (κ2) is 6.02. The van der Waals surface area contributed by atoms with E-state index in [1.165, 1.54) is 0 Å². The maximum absolute atomic E-state index is 12.2. The number of aromatic amines is 1. The Morgan fingerprint density at radius 1 is 1.53 bits per heavy atom. The highest BCUT2D eigenvalue weighted by Crippen LogP contribution is 2.20. The number of hydrogen-bond acceptors (Lipinski definition) is 3. The summed E-state index contributed by atoms with van der Waals surface area (Å²) in [7, 11) is 0. The van der Waals surface area contributed by atoms with E-state index in [0.717, 1.165) is 23.1 Å². The van der Waals surface area contributed by atoms with Crippen LogP contribution in [0.2, 0.25) is 0 Å². The van der Waals surface area contributed by atoms with E-state index in [9.17, 15) is 4.79 Å². The molecule has 1 unspecified atom stereocenters. The molecule has 1 aromatic heterocycles. The van der Waals surface area contributed by atoms with E-state index in [-0.39, 0.29) is 11.9 Å². The van der Waals surface area contributed by atoms with Gasteiger partial charge in [0.15, 0.2) is 0 Å². The number of benzene rings is 1. The summed E-state index contributed by atoms with van der Waals surface area (Å²) < 4.78 is 0. The van der Waals surface area contributed by atoms with Crippen molar-refractivity contribution in [2.24, 2.45) is 0 Å². The Bertz CT molecular complexity index is 579. The topological polar surface area (TPSA) is 70.9 Å². The van der Waals surface area contributed by atoms with Crippen LogP contribution in [-0.4, -0.2) is 28.9 Å². The minimum absolute atomic E-state index is 0.0374. The molecule has 0 aliphatic rings. The first kappa shape index (κ1) is 13.8. The summed E-state index contributed by atoms with van der Waals surface area (Å²) in [4.78, 5) is 15.3. The van der Waals surface area contributed by atoms with Crippen molar-refractivity contribution in [1.82, 2.24) is 10.3 Å². The van der Waals surface area contributed by atoms with Crippen LogP contribution >= 0.6 is 11.8 Å². The molecule has 1 amide bonds. The average molecular weight is 277 g/mol. The van der Waals surface area contributed by atoms with Crippen LogP contribution in [0, 0.1) is 0 Å². The fourth-order valence-corrected chi connectivity index (χ4v) is 2.59. The number of nitrogen functional groups attached to an aromatic ring is 1. The molecule has 4 N–H and O–H groups in total. The summed E-state index contributed by atoms with van der Waals surface area (Å²) in [6, 6.07) is 5.70. The number of thioether (sulfide) groups is 1. The minimum Gasteiger partial charge on any atom is -0.399 e. The molecule has 0 radical (unpaired) electrons. The van der Waals surface area contributed by atoms with E-state index in [0.29, 0.717) is 11.3 Å². The molecule has 4 nitrogen and oxygen atoms in total. The van der Waals surface area contributed by atoms with Crippen molar-refractivity contribution in [3.8, 4) is 0 Å². The maximum Gasteiger partial charge on any atom is 0.253 e. The van der Waals surface area contributed by atoms with Gasteiger partial charge in [0.05, 0.1) is 5.56 Å². The Morgan fingerprint density at radius 2 is 2.32 bits per heavy atom. The Morgan fingerprint density at radius 3 is 3.05 bits per heavy atom. The van der Waals surface area contributed by atoms with E-state index in [1.54, 1.807) is 18.0 Å². The highest BCUT2D eigenvalue weighted by Gasteiger charge is 2.14. The molecule has 0 saturated heterocycles. The van der Waals surface area contributed by atoms with Gasteiger partial charge in [0.2, 0.25) is 0 Å². The zero-order chi connectivity index (χ0) is 13.8. The van der Waals surface area contributed by atoms with Crippen molar-refractivity contribution in [3.63, 3.8) is 0 Å². The zero-order valence-electron chi connectivity index (χ0n) is 11.2. The Labute approximate surface area is 117 Å². The quantitative estimate of drug-likeness (QED) is 0.736. The molecule has 0 bridgehead atoms. The molecule has 0 aliphatic carbocycles. The summed E-state index contributed by atoms with van der Waals surface area (Å²) >= 11 is 1.79. The van der Waals surface area contributed by atoms with Gasteiger partial charge < -0.3 is 16.0 Å². The Hall–Kier alpha value is -1.62. The van der Waals surface area contributed by atoms with Gasteiger partial charge in [0, 0.05) is 28.8 Å². The van der Waals surface area contributed by atoms with Gasteiger partial charge in [-0.25, -0.2) is 0 Å². The van der Waals surface area contributed by atoms with Crippen molar-refractivity contribution in [2.75, 3.05) is 17.7 Å². The molecular weight excluding hydrogens is 258 g/mol. The van der Waals surface area contributed by atoms with Crippen LogP contribution in [0.1, 0.15) is 23.7 Å². The molecule has 2 rings (SSSR count). The van der Waals surface area contributed by atoms with Gasteiger partial charge in [-0.15, -0.1) is 0 Å². The highest BCUT2D eigenvalue weighted by molar-refractivity contribution is 7.98. The highest BCUT2D eigenvalue weighted by atomic mass is 32.2. The summed E-state index contributed by atoms with van der Waals surface area (Å²) in [5.74, 6) is 1.01. The summed E-state index contributed by atoms with van der Waals surface area (Å²) in [5, 5.41) is 3.93. The number of anilines is 1. The number of carbonyl (C=O) groups excluding carboxylic acids is 1. The number of aromatic nitrogens is 1. The second-order valence-corrected chi connectivity index (χ2v) is 5.65. The van der Waals surface area contributed by atoms with E-state index < -0.39 is 0 Å². The fraction of sp³-hybridized carbons (Fsp3) is 0.357. The average Bonchev–Trinajstić information content (AvgIpc) is 2.79. The molecule has 19 heavy (non-hydrogen) atoms. The zero-order valence-corrected chi connectivity index (χ0v) is 12.0. The smallest absolute Gasteiger partial charge is 0.253 e. The maximum atomic E-state index is 12.2. The number of nitrogens with one attached hydrogen (secondary N) is 2. The predicted octanol–water partition coefficient (Wildman–Crippen LogP) is 2.62. The number of H-pyrrole nitrogens is 1. The number of fused-ring (bicyclic) bond motifs is 1. The van der Waals surface area contributed by atoms with Crippen LogP contribution < -0.4 is 11.1 Å². The number of hydrogen-bond donors (Lipinski definition) is 3. The lowest BCUT2D eigenvalue weighted by Gasteiger charge is -2.12. The van der Waals surface area contributed by atoms with Crippen molar-refractivity contribution >= 4 is 34.3 Å². The van der Waals surface area contributed by atoms with Crippen LogP contribution in [0.4, 0.5) is 5.69 Å². The lowest BCUT2D eigenvalue weighted by molar-refractivity contribution is 0.0941. The molecule has 102 valence electrons. The van der Waals surface area contributed by atoms with Crippen molar-refractivity contribution in [2.45, 2.75) is 19.4 Å². The summed E-state index contributed by atoms with van der Waals surface area (Å²) in [6.07, 6.45) is 4.78. The van der Waals surface area contributed by atoms with Gasteiger partial charge >= 0.3 is 0 Å². The van der Waals surface area contributed by atoms with Crippen molar-refractivity contribution in [3.05, 3.63) is 30.0 Å². The molecule has 5 heteroatoms. The van der Waals surface area contributed by atoms with Gasteiger partial charge in [-0.05, 0) is 43.6 Å². The Kier molecular flexibility index (Phi) is 4.37. The Balaban J connectivity index is 2.13. The standard InChI is InChI=1S/C14H19N3OS/c1-9(5-6-19-2)17-14(18)12-8-16-13-7-10(15)3-4-11(12)13/h3-4,7-9,16H,5-6,15H2,1-2H3,(H,17,18). The van der Waals surface area contributed by atoms with Crippen molar-refractivity contribution < 1.29 is 4.79 Å². The number of amides is 1. The number of nitrogens with two attached hydrogens (primary N) is 1. The fourth-order valence-electron chi connectivity index (χ4n) is 2.00. The molecule has 0 spiro atoms. The molecule has 2 aromatic rings. The van der Waals surface area contributed by atoms with Gasteiger partial charge in [-0.3, -0.25) is 4.79 Å². The van der Waals surface area contributed by atoms with E-state index in [4.69, 9.17) is 5.73 Å². The lowest BCUT2D eigenvalue weighted by Crippen LogP contribution is -2.32.